The highest BCUT2D eigenvalue weighted by Crippen LogP contribution is 2.24. The van der Waals surface area contributed by atoms with Crippen LogP contribution in [0.1, 0.15) is 17.0 Å². The van der Waals surface area contributed by atoms with E-state index in [0.717, 1.165) is 42.3 Å². The Balaban J connectivity index is 0.00000121. The molecule has 0 saturated heterocycles. The molecule has 1 aromatic heterocycles. The van der Waals surface area contributed by atoms with E-state index in [0.29, 0.717) is 11.6 Å². The van der Waals surface area contributed by atoms with Crippen molar-refractivity contribution in [3.63, 3.8) is 0 Å². The standard InChI is InChI=1S/C15H17ClN4.2ClH/c1-20-7-6-13-12(9-20)14(8-17)19-15(18-13)10-2-4-11(16)5-3-10;;/h2-5H,6-9,17H2,1H3;2*1H. The Morgan fingerprint density at radius 3 is 2.50 bits per heavy atom. The lowest BCUT2D eigenvalue weighted by Crippen LogP contribution is -2.29. The van der Waals surface area contributed by atoms with Gasteiger partial charge < -0.3 is 10.6 Å². The zero-order valence-electron chi connectivity index (χ0n) is 12.3. The molecule has 0 saturated carbocycles. The number of nitrogens with zero attached hydrogens (tertiary/aromatic N) is 3. The summed E-state index contributed by atoms with van der Waals surface area (Å²) in [7, 11) is 2.11. The maximum Gasteiger partial charge on any atom is 0.159 e. The molecule has 2 heterocycles. The molecule has 22 heavy (non-hydrogen) atoms. The molecular formula is C15H19Cl3N4. The van der Waals surface area contributed by atoms with E-state index in [-0.39, 0.29) is 24.8 Å². The third-order valence-corrected chi connectivity index (χ3v) is 3.88. The molecule has 1 aliphatic heterocycles. The fourth-order valence-corrected chi connectivity index (χ4v) is 2.64. The van der Waals surface area contributed by atoms with Crippen LogP contribution in [0.25, 0.3) is 11.4 Å². The number of aromatic nitrogens is 2. The molecule has 3 rings (SSSR count). The molecule has 2 aromatic rings. The van der Waals surface area contributed by atoms with Crippen molar-refractivity contribution < 1.29 is 0 Å². The van der Waals surface area contributed by atoms with Crippen LogP contribution in [0.4, 0.5) is 0 Å². The molecule has 0 radical (unpaired) electrons. The lowest BCUT2D eigenvalue weighted by molar-refractivity contribution is 0.307. The summed E-state index contributed by atoms with van der Waals surface area (Å²) in [4.78, 5) is 11.6. The summed E-state index contributed by atoms with van der Waals surface area (Å²) in [6.07, 6.45) is 0.946. The Labute approximate surface area is 147 Å². The number of hydrogen-bond acceptors (Lipinski definition) is 4. The molecule has 1 aromatic carbocycles. The number of halogens is 3. The van der Waals surface area contributed by atoms with Crippen LogP contribution in [0.5, 0.6) is 0 Å². The smallest absolute Gasteiger partial charge is 0.159 e. The van der Waals surface area contributed by atoms with Crippen molar-refractivity contribution in [3.05, 3.63) is 46.2 Å². The van der Waals surface area contributed by atoms with Crippen molar-refractivity contribution in [2.24, 2.45) is 5.73 Å². The van der Waals surface area contributed by atoms with Gasteiger partial charge >= 0.3 is 0 Å². The zero-order valence-corrected chi connectivity index (χ0v) is 14.6. The van der Waals surface area contributed by atoms with Crippen LogP contribution in [0.2, 0.25) is 5.02 Å². The molecule has 0 aliphatic carbocycles. The summed E-state index contributed by atoms with van der Waals surface area (Å²) in [6.45, 7) is 2.34. The monoisotopic (exact) mass is 360 g/mol. The third kappa shape index (κ3) is 3.89. The van der Waals surface area contributed by atoms with E-state index in [2.05, 4.69) is 16.9 Å². The van der Waals surface area contributed by atoms with Crippen LogP contribution in [-0.2, 0) is 19.5 Å². The highest BCUT2D eigenvalue weighted by Gasteiger charge is 2.20. The van der Waals surface area contributed by atoms with Crippen molar-refractivity contribution in [2.45, 2.75) is 19.5 Å². The number of nitrogens with two attached hydrogens (primary N) is 1. The molecule has 0 unspecified atom stereocenters. The van der Waals surface area contributed by atoms with Gasteiger partial charge in [0.25, 0.3) is 0 Å². The second-order valence-electron chi connectivity index (χ2n) is 5.12. The molecule has 0 amide bonds. The van der Waals surface area contributed by atoms with Gasteiger partial charge in [0.15, 0.2) is 5.82 Å². The van der Waals surface area contributed by atoms with Crippen molar-refractivity contribution in [1.29, 1.82) is 0 Å². The van der Waals surface area contributed by atoms with Crippen LogP contribution in [0.15, 0.2) is 24.3 Å². The molecule has 0 fully saturated rings. The van der Waals surface area contributed by atoms with Gasteiger partial charge in [-0.3, -0.25) is 0 Å². The van der Waals surface area contributed by atoms with E-state index < -0.39 is 0 Å². The summed E-state index contributed by atoms with van der Waals surface area (Å²) >= 11 is 5.92. The maximum absolute atomic E-state index is 5.92. The lowest BCUT2D eigenvalue weighted by atomic mass is 10.0. The van der Waals surface area contributed by atoms with Crippen LogP contribution < -0.4 is 5.73 Å². The van der Waals surface area contributed by atoms with Crippen LogP contribution in [0, 0.1) is 0 Å². The fourth-order valence-electron chi connectivity index (χ4n) is 2.51. The van der Waals surface area contributed by atoms with E-state index in [4.69, 9.17) is 22.3 Å². The predicted octanol–water partition coefficient (Wildman–Crippen LogP) is 3.09. The Morgan fingerprint density at radius 1 is 1.18 bits per heavy atom. The average molecular weight is 362 g/mol. The normalized spacial score (nSPS) is 13.8. The quantitative estimate of drug-likeness (QED) is 0.893. The predicted molar refractivity (Wildman–Crippen MR) is 94.9 cm³/mol. The molecule has 0 spiro atoms. The Hall–Kier alpha value is -0.910. The van der Waals surface area contributed by atoms with Crippen molar-refractivity contribution in [1.82, 2.24) is 14.9 Å². The van der Waals surface area contributed by atoms with Gasteiger partial charge in [-0.05, 0) is 31.3 Å². The van der Waals surface area contributed by atoms with Crippen LogP contribution >= 0.6 is 36.4 Å². The molecular weight excluding hydrogens is 343 g/mol. The third-order valence-electron chi connectivity index (χ3n) is 3.63. The Bertz CT molecular complexity index is 614. The summed E-state index contributed by atoms with van der Waals surface area (Å²) in [5.74, 6) is 0.741. The first kappa shape index (κ1) is 19.1. The minimum Gasteiger partial charge on any atom is -0.325 e. The maximum atomic E-state index is 5.92. The summed E-state index contributed by atoms with van der Waals surface area (Å²) in [5.41, 5.74) is 10.1. The molecule has 4 nitrogen and oxygen atoms in total. The molecule has 120 valence electrons. The van der Waals surface area contributed by atoms with E-state index >= 15 is 0 Å². The van der Waals surface area contributed by atoms with Gasteiger partial charge in [-0.2, -0.15) is 0 Å². The minimum absolute atomic E-state index is 0. The SMILES string of the molecule is CN1CCc2nc(-c3ccc(Cl)cc3)nc(CN)c2C1.Cl.Cl. The van der Waals surface area contributed by atoms with Crippen LogP contribution in [0.3, 0.4) is 0 Å². The van der Waals surface area contributed by atoms with Crippen molar-refractivity contribution >= 4 is 36.4 Å². The van der Waals surface area contributed by atoms with E-state index in [1.54, 1.807) is 0 Å². The lowest BCUT2D eigenvalue weighted by Gasteiger charge is -2.26. The van der Waals surface area contributed by atoms with Crippen molar-refractivity contribution in [2.75, 3.05) is 13.6 Å². The van der Waals surface area contributed by atoms with Gasteiger partial charge in [-0.1, -0.05) is 11.6 Å². The Kier molecular flexibility index (Phi) is 7.03. The average Bonchev–Trinajstić information content (AvgIpc) is 2.47. The molecule has 0 bridgehead atoms. The first-order chi connectivity index (χ1) is 9.67. The molecule has 1 aliphatic rings. The van der Waals surface area contributed by atoms with E-state index in [1.807, 2.05) is 24.3 Å². The molecule has 0 atom stereocenters. The zero-order chi connectivity index (χ0) is 14.1. The number of likely N-dealkylation sites (N-methyl/N-ethyl adjacent to an activating group) is 1. The largest absolute Gasteiger partial charge is 0.325 e. The van der Waals surface area contributed by atoms with Gasteiger partial charge in [0.05, 0.1) is 11.4 Å². The van der Waals surface area contributed by atoms with Gasteiger partial charge in [0.1, 0.15) is 0 Å². The van der Waals surface area contributed by atoms with Gasteiger partial charge in [-0.15, -0.1) is 24.8 Å². The Morgan fingerprint density at radius 2 is 1.86 bits per heavy atom. The van der Waals surface area contributed by atoms with Gasteiger partial charge in [0.2, 0.25) is 0 Å². The fraction of sp³-hybridized carbons (Fsp3) is 0.333. The molecule has 2 N–H and O–H groups in total. The summed E-state index contributed by atoms with van der Waals surface area (Å²) in [5, 5.41) is 0.715. The van der Waals surface area contributed by atoms with Crippen LogP contribution in [-0.4, -0.2) is 28.5 Å². The highest BCUT2D eigenvalue weighted by atomic mass is 35.5. The number of rotatable bonds is 2. The minimum atomic E-state index is 0. The number of fused-ring (bicyclic) bond motifs is 1. The second-order valence-corrected chi connectivity index (χ2v) is 5.55. The summed E-state index contributed by atoms with van der Waals surface area (Å²) in [6, 6.07) is 7.60. The first-order valence-electron chi connectivity index (χ1n) is 6.70. The van der Waals surface area contributed by atoms with E-state index in [1.165, 1.54) is 5.56 Å². The second kappa shape index (κ2) is 8.09. The highest BCUT2D eigenvalue weighted by molar-refractivity contribution is 6.30. The van der Waals surface area contributed by atoms with E-state index in [9.17, 15) is 0 Å². The topological polar surface area (TPSA) is 55.0 Å². The van der Waals surface area contributed by atoms with Gasteiger partial charge in [0, 0.05) is 42.2 Å². The molecule has 7 heteroatoms. The summed E-state index contributed by atoms with van der Waals surface area (Å²) < 4.78 is 0. The van der Waals surface area contributed by atoms with Gasteiger partial charge in [-0.25, -0.2) is 9.97 Å². The first-order valence-corrected chi connectivity index (χ1v) is 7.08. The van der Waals surface area contributed by atoms with Crippen molar-refractivity contribution in [3.8, 4) is 11.4 Å². The number of hydrogen-bond donors (Lipinski definition) is 1. The number of benzene rings is 1.